The third-order valence-corrected chi connectivity index (χ3v) is 2.83. The molecule has 0 aliphatic rings. The maximum atomic E-state index is 11.9. The van der Waals surface area contributed by atoms with Gasteiger partial charge in [-0.15, -0.1) is 0 Å². The second-order valence-corrected chi connectivity index (χ2v) is 4.63. The standard InChI is InChI=1S/C15H14F3NO2/c16-15(17,18)10-21-8-7-13(20)9-12-6-5-11-3-1-2-4-14(11)19-12/h1-6H,7-10H2. The molecule has 0 spiro atoms. The second kappa shape index (κ2) is 6.67. The Morgan fingerprint density at radius 1 is 1.14 bits per heavy atom. The fraction of sp³-hybridized carbons (Fsp3) is 0.333. The molecular formula is C15H14F3NO2. The van der Waals surface area contributed by atoms with Crippen LogP contribution in [0, 0.1) is 0 Å². The van der Waals surface area contributed by atoms with Crippen LogP contribution in [-0.4, -0.2) is 30.2 Å². The van der Waals surface area contributed by atoms with Gasteiger partial charge in [0.15, 0.2) is 0 Å². The first kappa shape index (κ1) is 15.4. The summed E-state index contributed by atoms with van der Waals surface area (Å²) in [5.41, 5.74) is 1.39. The lowest BCUT2D eigenvalue weighted by molar-refractivity contribution is -0.174. The molecule has 0 aliphatic carbocycles. The number of hydrogen-bond donors (Lipinski definition) is 0. The minimum absolute atomic E-state index is 0.0510. The predicted octanol–water partition coefficient (Wildman–Crippen LogP) is 3.32. The third-order valence-electron chi connectivity index (χ3n) is 2.83. The van der Waals surface area contributed by atoms with Gasteiger partial charge in [-0.25, -0.2) is 0 Å². The lowest BCUT2D eigenvalue weighted by atomic mass is 10.1. The number of ether oxygens (including phenoxy) is 1. The molecule has 1 heterocycles. The summed E-state index contributed by atoms with van der Waals surface area (Å²) in [5.74, 6) is -0.194. The maximum absolute atomic E-state index is 11.9. The molecule has 3 nitrogen and oxygen atoms in total. The number of halogens is 3. The van der Waals surface area contributed by atoms with Crippen molar-refractivity contribution in [2.75, 3.05) is 13.2 Å². The van der Waals surface area contributed by atoms with E-state index in [9.17, 15) is 18.0 Å². The molecule has 1 aromatic heterocycles. The number of benzene rings is 1. The zero-order valence-corrected chi connectivity index (χ0v) is 11.2. The van der Waals surface area contributed by atoms with Crippen LogP contribution >= 0.6 is 0 Å². The van der Waals surface area contributed by atoms with Crippen LogP contribution in [0.3, 0.4) is 0 Å². The first-order valence-electron chi connectivity index (χ1n) is 6.45. The highest BCUT2D eigenvalue weighted by Crippen LogP contribution is 2.15. The summed E-state index contributed by atoms with van der Waals surface area (Å²) in [7, 11) is 0. The molecular weight excluding hydrogens is 283 g/mol. The van der Waals surface area contributed by atoms with Gasteiger partial charge in [-0.3, -0.25) is 9.78 Å². The highest BCUT2D eigenvalue weighted by atomic mass is 19.4. The number of hydrogen-bond acceptors (Lipinski definition) is 3. The van der Waals surface area contributed by atoms with Gasteiger partial charge in [-0.1, -0.05) is 24.3 Å². The predicted molar refractivity (Wildman–Crippen MR) is 71.9 cm³/mol. The van der Waals surface area contributed by atoms with Crippen LogP contribution in [0.25, 0.3) is 10.9 Å². The Kier molecular flexibility index (Phi) is 4.90. The van der Waals surface area contributed by atoms with Gasteiger partial charge in [0.2, 0.25) is 0 Å². The van der Waals surface area contributed by atoms with Crippen molar-refractivity contribution in [1.29, 1.82) is 0 Å². The summed E-state index contributed by atoms with van der Waals surface area (Å²) in [6, 6.07) is 11.1. The first-order chi connectivity index (χ1) is 9.94. The van der Waals surface area contributed by atoms with Crippen molar-refractivity contribution in [2.24, 2.45) is 0 Å². The molecule has 0 bridgehead atoms. The van der Waals surface area contributed by atoms with Gasteiger partial charge >= 0.3 is 6.18 Å². The second-order valence-electron chi connectivity index (χ2n) is 4.63. The molecule has 0 fully saturated rings. The zero-order valence-electron chi connectivity index (χ0n) is 11.2. The van der Waals surface area contributed by atoms with E-state index < -0.39 is 12.8 Å². The van der Waals surface area contributed by atoms with Gasteiger partial charge in [-0.2, -0.15) is 13.2 Å². The Morgan fingerprint density at radius 3 is 2.67 bits per heavy atom. The van der Waals surface area contributed by atoms with Crippen molar-refractivity contribution in [3.8, 4) is 0 Å². The number of fused-ring (bicyclic) bond motifs is 1. The topological polar surface area (TPSA) is 39.2 Å². The quantitative estimate of drug-likeness (QED) is 0.768. The fourth-order valence-electron chi connectivity index (χ4n) is 1.87. The Balaban J connectivity index is 1.84. The molecule has 2 aromatic rings. The van der Waals surface area contributed by atoms with E-state index in [1.807, 2.05) is 30.3 Å². The van der Waals surface area contributed by atoms with E-state index in [2.05, 4.69) is 9.72 Å². The molecule has 0 radical (unpaired) electrons. The van der Waals surface area contributed by atoms with Crippen molar-refractivity contribution in [3.05, 3.63) is 42.1 Å². The van der Waals surface area contributed by atoms with Gasteiger partial charge in [-0.05, 0) is 12.1 Å². The summed E-state index contributed by atoms with van der Waals surface area (Å²) in [6.45, 7) is -1.56. The number of rotatable bonds is 6. The average molecular weight is 297 g/mol. The number of aromatic nitrogens is 1. The number of alkyl halides is 3. The van der Waals surface area contributed by atoms with Gasteiger partial charge < -0.3 is 4.74 Å². The molecule has 0 atom stereocenters. The molecule has 1 aromatic carbocycles. The Hall–Kier alpha value is -1.95. The Labute approximate surface area is 119 Å². The monoisotopic (exact) mass is 297 g/mol. The molecule has 0 unspecified atom stereocenters. The molecule has 0 amide bonds. The lowest BCUT2D eigenvalue weighted by Crippen LogP contribution is -2.18. The van der Waals surface area contributed by atoms with E-state index in [0.29, 0.717) is 5.69 Å². The van der Waals surface area contributed by atoms with Crippen LogP contribution < -0.4 is 0 Å². The number of Topliss-reactive ketones (excluding diaryl/α,β-unsaturated/α-hetero) is 1. The normalized spacial score (nSPS) is 11.8. The summed E-state index contributed by atoms with van der Waals surface area (Å²) < 4.78 is 40.0. The molecule has 0 N–H and O–H groups in total. The van der Waals surface area contributed by atoms with E-state index in [1.54, 1.807) is 6.07 Å². The fourth-order valence-corrected chi connectivity index (χ4v) is 1.87. The maximum Gasteiger partial charge on any atom is 0.411 e. The van der Waals surface area contributed by atoms with Gasteiger partial charge in [0, 0.05) is 23.9 Å². The number of para-hydroxylation sites is 1. The molecule has 0 saturated heterocycles. The molecule has 21 heavy (non-hydrogen) atoms. The molecule has 0 aliphatic heterocycles. The smallest absolute Gasteiger partial charge is 0.372 e. The van der Waals surface area contributed by atoms with Crippen LogP contribution in [0.2, 0.25) is 0 Å². The molecule has 0 saturated carbocycles. The highest BCUT2D eigenvalue weighted by Gasteiger charge is 2.27. The van der Waals surface area contributed by atoms with Crippen LogP contribution in [0.5, 0.6) is 0 Å². The van der Waals surface area contributed by atoms with Crippen molar-refractivity contribution >= 4 is 16.7 Å². The number of carbonyl (C=O) groups is 1. The number of carbonyl (C=O) groups excluding carboxylic acids is 1. The van der Waals surface area contributed by atoms with Gasteiger partial charge in [0.1, 0.15) is 12.4 Å². The van der Waals surface area contributed by atoms with Crippen LogP contribution in [0.1, 0.15) is 12.1 Å². The number of ketones is 1. The largest absolute Gasteiger partial charge is 0.411 e. The number of pyridine rings is 1. The first-order valence-corrected chi connectivity index (χ1v) is 6.45. The van der Waals surface area contributed by atoms with E-state index in [4.69, 9.17) is 0 Å². The van der Waals surface area contributed by atoms with E-state index >= 15 is 0 Å². The Morgan fingerprint density at radius 2 is 1.90 bits per heavy atom. The van der Waals surface area contributed by atoms with Crippen molar-refractivity contribution in [3.63, 3.8) is 0 Å². The minimum atomic E-state index is -4.36. The average Bonchev–Trinajstić information content (AvgIpc) is 2.42. The molecule has 6 heteroatoms. The number of nitrogens with zero attached hydrogens (tertiary/aromatic N) is 1. The summed E-state index contributed by atoms with van der Waals surface area (Å²) in [4.78, 5) is 16.0. The van der Waals surface area contributed by atoms with Crippen LogP contribution in [0.15, 0.2) is 36.4 Å². The highest BCUT2D eigenvalue weighted by molar-refractivity contribution is 5.82. The molecule has 2 rings (SSSR count). The van der Waals surface area contributed by atoms with Crippen LogP contribution in [-0.2, 0) is 16.0 Å². The Bertz CT molecular complexity index is 626. The van der Waals surface area contributed by atoms with E-state index in [0.717, 1.165) is 10.9 Å². The molecule has 112 valence electrons. The third kappa shape index (κ3) is 5.15. The van der Waals surface area contributed by atoms with Crippen molar-refractivity contribution < 1.29 is 22.7 Å². The summed E-state index contributed by atoms with van der Waals surface area (Å²) in [5, 5.41) is 0.974. The SMILES string of the molecule is O=C(CCOCC(F)(F)F)Cc1ccc2ccccc2n1. The minimum Gasteiger partial charge on any atom is -0.372 e. The van der Waals surface area contributed by atoms with Crippen molar-refractivity contribution in [1.82, 2.24) is 4.98 Å². The zero-order chi connectivity index (χ0) is 15.3. The summed E-state index contributed by atoms with van der Waals surface area (Å²) in [6.07, 6.45) is -4.31. The van der Waals surface area contributed by atoms with Gasteiger partial charge in [0.25, 0.3) is 0 Å². The van der Waals surface area contributed by atoms with Gasteiger partial charge in [0.05, 0.1) is 12.1 Å². The van der Waals surface area contributed by atoms with E-state index in [-0.39, 0.29) is 25.2 Å². The van der Waals surface area contributed by atoms with Crippen LogP contribution in [0.4, 0.5) is 13.2 Å². The lowest BCUT2D eigenvalue weighted by Gasteiger charge is -2.07. The van der Waals surface area contributed by atoms with E-state index in [1.165, 1.54) is 0 Å². The summed E-state index contributed by atoms with van der Waals surface area (Å²) >= 11 is 0. The van der Waals surface area contributed by atoms with Crippen molar-refractivity contribution in [2.45, 2.75) is 19.0 Å².